The number of carbonyl (C=O) groups is 2. The predicted octanol–water partition coefficient (Wildman–Crippen LogP) is 3.19. The van der Waals surface area contributed by atoms with Gasteiger partial charge in [-0.2, -0.15) is 13.2 Å². The minimum Gasteiger partial charge on any atom is -0.381 e. The SMILES string of the molecule is CCN(CCNC)c1ccc(C(=O)Cl)c(N(C(=O)C(F)(F)F)C2CCOCC2)c1. The highest BCUT2D eigenvalue weighted by molar-refractivity contribution is 6.68. The van der Waals surface area contributed by atoms with Crippen molar-refractivity contribution in [3.63, 3.8) is 0 Å². The van der Waals surface area contributed by atoms with E-state index in [1.807, 2.05) is 11.8 Å². The zero-order chi connectivity index (χ0) is 21.6. The Balaban J connectivity index is 2.57. The van der Waals surface area contributed by atoms with Gasteiger partial charge >= 0.3 is 12.1 Å². The van der Waals surface area contributed by atoms with Gasteiger partial charge in [0.15, 0.2) is 0 Å². The van der Waals surface area contributed by atoms with Crippen LogP contribution in [0.2, 0.25) is 0 Å². The Hall–Kier alpha value is -1.84. The fourth-order valence-corrected chi connectivity index (χ4v) is 3.51. The van der Waals surface area contributed by atoms with Gasteiger partial charge in [-0.3, -0.25) is 9.59 Å². The van der Waals surface area contributed by atoms with Crippen LogP contribution in [-0.4, -0.2) is 63.3 Å². The topological polar surface area (TPSA) is 61.9 Å². The molecule has 1 aromatic carbocycles. The van der Waals surface area contributed by atoms with Crippen LogP contribution < -0.4 is 15.1 Å². The number of alkyl halides is 3. The van der Waals surface area contributed by atoms with Gasteiger partial charge in [0, 0.05) is 44.6 Å². The number of halogens is 4. The first-order valence-electron chi connectivity index (χ1n) is 9.42. The van der Waals surface area contributed by atoms with Crippen LogP contribution in [0, 0.1) is 0 Å². The van der Waals surface area contributed by atoms with Crippen LogP contribution in [-0.2, 0) is 9.53 Å². The molecular weight excluding hydrogens is 411 g/mol. The van der Waals surface area contributed by atoms with Crippen LogP contribution >= 0.6 is 11.6 Å². The molecule has 1 aromatic rings. The third-order valence-electron chi connectivity index (χ3n) is 4.85. The number of benzene rings is 1. The lowest BCUT2D eigenvalue weighted by Crippen LogP contribution is -2.50. The Morgan fingerprint density at radius 2 is 1.93 bits per heavy atom. The molecule has 1 fully saturated rings. The van der Waals surface area contributed by atoms with E-state index in [1.165, 1.54) is 12.1 Å². The summed E-state index contributed by atoms with van der Waals surface area (Å²) in [6.07, 6.45) is -4.62. The number of hydrogen-bond donors (Lipinski definition) is 1. The van der Waals surface area contributed by atoms with E-state index in [9.17, 15) is 22.8 Å². The molecule has 1 saturated heterocycles. The number of nitrogens with zero attached hydrogens (tertiary/aromatic N) is 2. The van der Waals surface area contributed by atoms with Crippen molar-refractivity contribution in [1.29, 1.82) is 0 Å². The number of nitrogens with one attached hydrogen (secondary N) is 1. The van der Waals surface area contributed by atoms with Gasteiger partial charge < -0.3 is 19.9 Å². The van der Waals surface area contributed by atoms with Crippen molar-refractivity contribution in [3.05, 3.63) is 23.8 Å². The molecule has 0 atom stereocenters. The smallest absolute Gasteiger partial charge is 0.381 e. The Kier molecular flexibility index (Phi) is 8.30. The molecule has 1 aliphatic heterocycles. The molecule has 0 bridgehead atoms. The van der Waals surface area contributed by atoms with E-state index in [0.717, 1.165) is 0 Å². The van der Waals surface area contributed by atoms with Crippen LogP contribution in [0.1, 0.15) is 30.1 Å². The van der Waals surface area contributed by atoms with Crippen LogP contribution in [0.5, 0.6) is 0 Å². The van der Waals surface area contributed by atoms with Gasteiger partial charge in [0.1, 0.15) is 0 Å². The number of likely N-dealkylation sites (N-methyl/N-ethyl adjacent to an activating group) is 2. The summed E-state index contributed by atoms with van der Waals surface area (Å²) >= 11 is 5.65. The highest BCUT2D eigenvalue weighted by atomic mass is 35.5. The van der Waals surface area contributed by atoms with Crippen molar-refractivity contribution in [2.24, 2.45) is 0 Å². The molecule has 1 amide bonds. The Labute approximate surface area is 172 Å². The van der Waals surface area contributed by atoms with E-state index in [2.05, 4.69) is 5.32 Å². The molecule has 10 heteroatoms. The quantitative estimate of drug-likeness (QED) is 0.635. The fourth-order valence-electron chi connectivity index (χ4n) is 3.35. The standard InChI is InChI=1S/C19H25ClF3N3O3/c1-3-25(9-8-24-2)14-4-5-15(17(20)27)16(12-14)26(18(28)19(21,22)23)13-6-10-29-11-7-13/h4-5,12-13,24H,3,6-11H2,1-2H3. The summed E-state index contributed by atoms with van der Waals surface area (Å²) in [7, 11) is 1.80. The summed E-state index contributed by atoms with van der Waals surface area (Å²) in [6, 6.07) is 3.69. The second-order valence-electron chi connectivity index (χ2n) is 6.67. The van der Waals surface area contributed by atoms with Gasteiger partial charge in [-0.15, -0.1) is 0 Å². The second kappa shape index (κ2) is 10.3. The molecule has 2 rings (SSSR count). The molecule has 0 aromatic heterocycles. The number of hydrogen-bond acceptors (Lipinski definition) is 5. The lowest BCUT2D eigenvalue weighted by Gasteiger charge is -2.36. The van der Waals surface area contributed by atoms with E-state index < -0.39 is 23.4 Å². The zero-order valence-electron chi connectivity index (χ0n) is 16.4. The lowest BCUT2D eigenvalue weighted by molar-refractivity contribution is -0.171. The highest BCUT2D eigenvalue weighted by Crippen LogP contribution is 2.35. The van der Waals surface area contributed by atoms with Gasteiger partial charge in [0.25, 0.3) is 5.24 Å². The average Bonchev–Trinajstić information content (AvgIpc) is 2.69. The molecule has 1 aliphatic rings. The maximum Gasteiger partial charge on any atom is 0.471 e. The third-order valence-corrected chi connectivity index (χ3v) is 5.05. The molecule has 0 unspecified atom stereocenters. The molecule has 0 saturated carbocycles. The molecule has 0 radical (unpaired) electrons. The monoisotopic (exact) mass is 435 g/mol. The number of anilines is 2. The Bertz CT molecular complexity index is 724. The molecule has 1 heterocycles. The minimum atomic E-state index is -5.09. The fraction of sp³-hybridized carbons (Fsp3) is 0.579. The van der Waals surface area contributed by atoms with Gasteiger partial charge in [-0.25, -0.2) is 0 Å². The van der Waals surface area contributed by atoms with Crippen molar-refractivity contribution in [3.8, 4) is 0 Å². The maximum absolute atomic E-state index is 13.4. The van der Waals surface area contributed by atoms with Crippen molar-refractivity contribution in [2.45, 2.75) is 32.0 Å². The van der Waals surface area contributed by atoms with E-state index in [0.29, 0.717) is 30.2 Å². The van der Waals surface area contributed by atoms with Crippen LogP contribution in [0.3, 0.4) is 0 Å². The molecular formula is C19H25ClF3N3O3. The van der Waals surface area contributed by atoms with Gasteiger partial charge in [0.2, 0.25) is 0 Å². The lowest BCUT2D eigenvalue weighted by atomic mass is 10.0. The van der Waals surface area contributed by atoms with E-state index >= 15 is 0 Å². The van der Waals surface area contributed by atoms with Gasteiger partial charge in [-0.05, 0) is 56.6 Å². The van der Waals surface area contributed by atoms with E-state index in [-0.39, 0.29) is 37.3 Å². The van der Waals surface area contributed by atoms with Crippen molar-refractivity contribution in [1.82, 2.24) is 5.32 Å². The molecule has 162 valence electrons. The minimum absolute atomic E-state index is 0.125. The number of rotatable bonds is 8. The highest BCUT2D eigenvalue weighted by Gasteiger charge is 2.46. The van der Waals surface area contributed by atoms with Gasteiger partial charge in [0.05, 0.1) is 11.3 Å². The summed E-state index contributed by atoms with van der Waals surface area (Å²) in [4.78, 5) is 26.9. The van der Waals surface area contributed by atoms with Crippen molar-refractivity contribution >= 4 is 34.1 Å². The van der Waals surface area contributed by atoms with E-state index in [4.69, 9.17) is 16.3 Å². The normalized spacial score (nSPS) is 15.2. The first-order valence-corrected chi connectivity index (χ1v) is 9.80. The summed E-state index contributed by atoms with van der Waals surface area (Å²) < 4.78 is 45.4. The summed E-state index contributed by atoms with van der Waals surface area (Å²) in [5, 5.41) is 2.10. The average molecular weight is 436 g/mol. The van der Waals surface area contributed by atoms with Crippen LogP contribution in [0.25, 0.3) is 0 Å². The van der Waals surface area contributed by atoms with Gasteiger partial charge in [-0.1, -0.05) is 0 Å². The molecule has 1 N–H and O–H groups in total. The van der Waals surface area contributed by atoms with Crippen molar-refractivity contribution < 1.29 is 27.5 Å². The maximum atomic E-state index is 13.4. The predicted molar refractivity (Wildman–Crippen MR) is 106 cm³/mol. The molecule has 6 nitrogen and oxygen atoms in total. The first kappa shape index (κ1) is 23.4. The molecule has 29 heavy (non-hydrogen) atoms. The summed E-state index contributed by atoms with van der Waals surface area (Å²) in [5.74, 6) is -2.01. The number of ether oxygens (including phenoxy) is 1. The van der Waals surface area contributed by atoms with Crippen LogP contribution in [0.15, 0.2) is 18.2 Å². The molecule has 0 spiro atoms. The summed E-state index contributed by atoms with van der Waals surface area (Å²) in [5.41, 5.74) is 0.343. The Morgan fingerprint density at radius 3 is 2.45 bits per heavy atom. The second-order valence-corrected chi connectivity index (χ2v) is 7.02. The Morgan fingerprint density at radius 1 is 1.28 bits per heavy atom. The third kappa shape index (κ3) is 5.83. The zero-order valence-corrected chi connectivity index (χ0v) is 17.1. The number of carbonyl (C=O) groups excluding carboxylic acids is 2. The first-order chi connectivity index (χ1) is 13.7. The number of amides is 1. The van der Waals surface area contributed by atoms with Crippen LogP contribution in [0.4, 0.5) is 24.5 Å². The van der Waals surface area contributed by atoms with Crippen molar-refractivity contribution in [2.75, 3.05) is 49.7 Å². The largest absolute Gasteiger partial charge is 0.471 e. The van der Waals surface area contributed by atoms with E-state index in [1.54, 1.807) is 13.1 Å². The summed E-state index contributed by atoms with van der Waals surface area (Å²) in [6.45, 7) is 4.24. The molecule has 0 aliphatic carbocycles.